The molecule has 3 rings (SSSR count). The molecule has 1 saturated heterocycles. The van der Waals surface area contributed by atoms with E-state index in [4.69, 9.17) is 11.6 Å². The minimum atomic E-state index is -1.67. The lowest BCUT2D eigenvalue weighted by atomic mass is 9.96. The second-order valence-corrected chi connectivity index (χ2v) is 7.92. The van der Waals surface area contributed by atoms with Crippen molar-refractivity contribution in [2.45, 2.75) is 26.2 Å². The quantitative estimate of drug-likeness (QED) is 0.626. The lowest BCUT2D eigenvalue weighted by molar-refractivity contribution is -0.138. The Balaban J connectivity index is 1.66. The third kappa shape index (κ3) is 5.67. The van der Waals surface area contributed by atoms with Crippen molar-refractivity contribution >= 4 is 34.9 Å². The van der Waals surface area contributed by atoms with Gasteiger partial charge in [0.25, 0.3) is 0 Å². The van der Waals surface area contributed by atoms with Crippen molar-refractivity contribution in [2.75, 3.05) is 36.4 Å². The second-order valence-electron chi connectivity index (χ2n) is 7.53. The van der Waals surface area contributed by atoms with Crippen molar-refractivity contribution in [1.29, 1.82) is 0 Å². The first-order valence-corrected chi connectivity index (χ1v) is 10.6. The van der Waals surface area contributed by atoms with Crippen LogP contribution in [0.5, 0.6) is 0 Å². The first kappa shape index (κ1) is 23.8. The average molecular weight is 470 g/mol. The molecule has 7 nitrogen and oxygen atoms in total. The van der Waals surface area contributed by atoms with Gasteiger partial charge in [0.1, 0.15) is 0 Å². The largest absolute Gasteiger partial charge is 0.354 e. The van der Waals surface area contributed by atoms with E-state index in [0.29, 0.717) is 38.3 Å². The molecule has 172 valence electrons. The van der Waals surface area contributed by atoms with Crippen LogP contribution in [0, 0.1) is 23.4 Å². The van der Waals surface area contributed by atoms with E-state index in [1.54, 1.807) is 12.1 Å². The van der Waals surface area contributed by atoms with E-state index in [0.717, 1.165) is 18.6 Å². The number of carbonyl (C=O) groups excluding carboxylic acids is 2. The van der Waals surface area contributed by atoms with Crippen LogP contribution >= 0.6 is 11.6 Å². The van der Waals surface area contributed by atoms with Crippen molar-refractivity contribution in [2.24, 2.45) is 5.92 Å². The van der Waals surface area contributed by atoms with Gasteiger partial charge in [0, 0.05) is 19.6 Å². The molecule has 1 N–H and O–H groups in total. The Hall–Kier alpha value is -2.88. The zero-order chi connectivity index (χ0) is 23.3. The molecule has 1 aromatic heterocycles. The predicted molar refractivity (Wildman–Crippen MR) is 114 cm³/mol. The Morgan fingerprint density at radius 2 is 1.97 bits per heavy atom. The van der Waals surface area contributed by atoms with E-state index < -0.39 is 29.0 Å². The van der Waals surface area contributed by atoms with Gasteiger partial charge in [-0.05, 0) is 43.5 Å². The Labute approximate surface area is 188 Å². The molecule has 2 heterocycles. The van der Waals surface area contributed by atoms with E-state index in [2.05, 4.69) is 15.5 Å². The van der Waals surface area contributed by atoms with Gasteiger partial charge in [-0.2, -0.15) is 0 Å². The Bertz CT molecular complexity index is 977. The summed E-state index contributed by atoms with van der Waals surface area (Å²) in [5.41, 5.74) is -0.483. The van der Waals surface area contributed by atoms with Crippen LogP contribution in [0.1, 0.15) is 26.2 Å². The summed E-state index contributed by atoms with van der Waals surface area (Å²) in [4.78, 5) is 28.9. The maximum Gasteiger partial charge on any atom is 0.244 e. The van der Waals surface area contributed by atoms with Crippen LogP contribution in [-0.2, 0) is 9.59 Å². The molecule has 0 saturated carbocycles. The van der Waals surface area contributed by atoms with Crippen molar-refractivity contribution in [3.8, 4) is 0 Å². The second kappa shape index (κ2) is 10.6. The fourth-order valence-electron chi connectivity index (χ4n) is 3.65. The maximum absolute atomic E-state index is 13.9. The van der Waals surface area contributed by atoms with E-state index in [-0.39, 0.29) is 23.5 Å². The number of hydrogen-bond donors (Lipinski definition) is 1. The number of aromatic nitrogens is 2. The van der Waals surface area contributed by atoms with Crippen molar-refractivity contribution in [3.63, 3.8) is 0 Å². The summed E-state index contributed by atoms with van der Waals surface area (Å²) in [6.45, 7) is 2.98. The SMILES string of the molecule is CCCN(CC(=O)Nc1ccc(F)c(F)c1F)C(=O)[C@H]1CCCN(c2ccc(Cl)nn2)C1. The minimum absolute atomic E-state index is 0.209. The maximum atomic E-state index is 13.9. The highest BCUT2D eigenvalue weighted by atomic mass is 35.5. The predicted octanol–water partition coefficient (Wildman–Crippen LogP) is 3.64. The summed E-state index contributed by atoms with van der Waals surface area (Å²) in [6.07, 6.45) is 2.01. The fourth-order valence-corrected chi connectivity index (χ4v) is 3.75. The molecule has 0 spiro atoms. The molecule has 0 aliphatic carbocycles. The Morgan fingerprint density at radius 3 is 2.66 bits per heavy atom. The van der Waals surface area contributed by atoms with Gasteiger partial charge in [0.05, 0.1) is 18.2 Å². The van der Waals surface area contributed by atoms with Gasteiger partial charge in [0.15, 0.2) is 28.4 Å². The smallest absolute Gasteiger partial charge is 0.244 e. The summed E-state index contributed by atoms with van der Waals surface area (Å²) in [5, 5.41) is 10.4. The topological polar surface area (TPSA) is 78.4 Å². The van der Waals surface area contributed by atoms with E-state index >= 15 is 0 Å². The number of hydrogen-bond acceptors (Lipinski definition) is 5. The first-order chi connectivity index (χ1) is 15.3. The number of rotatable bonds is 7. The van der Waals surface area contributed by atoms with Gasteiger partial charge < -0.3 is 15.1 Å². The van der Waals surface area contributed by atoms with Gasteiger partial charge >= 0.3 is 0 Å². The van der Waals surface area contributed by atoms with Crippen LogP contribution in [0.25, 0.3) is 0 Å². The van der Waals surface area contributed by atoms with Crippen LogP contribution in [0.2, 0.25) is 5.15 Å². The van der Waals surface area contributed by atoms with Crippen molar-refractivity contribution in [3.05, 3.63) is 46.9 Å². The number of benzene rings is 1. The van der Waals surface area contributed by atoms with Crippen LogP contribution in [0.15, 0.2) is 24.3 Å². The van der Waals surface area contributed by atoms with Crippen molar-refractivity contribution in [1.82, 2.24) is 15.1 Å². The molecule has 0 bridgehead atoms. The number of amides is 2. The third-order valence-electron chi connectivity index (χ3n) is 5.16. The molecule has 1 aliphatic rings. The van der Waals surface area contributed by atoms with Gasteiger partial charge in [-0.1, -0.05) is 18.5 Å². The number of anilines is 2. The zero-order valence-corrected chi connectivity index (χ0v) is 18.2. The highest BCUT2D eigenvalue weighted by Gasteiger charge is 2.31. The molecule has 1 atom stereocenters. The Kier molecular flexibility index (Phi) is 7.89. The molecule has 11 heteroatoms. The van der Waals surface area contributed by atoms with Crippen LogP contribution in [-0.4, -0.2) is 53.1 Å². The number of nitrogens with one attached hydrogen (secondary N) is 1. The van der Waals surface area contributed by atoms with Crippen LogP contribution in [0.4, 0.5) is 24.7 Å². The van der Waals surface area contributed by atoms with Gasteiger partial charge in [-0.15, -0.1) is 10.2 Å². The molecule has 32 heavy (non-hydrogen) atoms. The normalized spacial score (nSPS) is 16.0. The number of carbonyl (C=O) groups is 2. The molecular weight excluding hydrogens is 447 g/mol. The molecular formula is C21H23ClF3N5O2. The van der Waals surface area contributed by atoms with E-state index in [9.17, 15) is 22.8 Å². The minimum Gasteiger partial charge on any atom is -0.354 e. The Morgan fingerprint density at radius 1 is 1.19 bits per heavy atom. The standard InChI is InChI=1S/C21H23ClF3N5O2/c1-2-9-30(12-18(31)26-15-6-5-14(23)19(24)20(15)25)21(32)13-4-3-10-29(11-13)17-8-7-16(22)27-28-17/h5-8,13H,2-4,9-12H2,1H3,(H,26,31)/t13-/m0/s1. The lowest BCUT2D eigenvalue weighted by Crippen LogP contribution is -2.47. The van der Waals surface area contributed by atoms with Gasteiger partial charge in [-0.3, -0.25) is 9.59 Å². The van der Waals surface area contributed by atoms with E-state index in [1.165, 1.54) is 4.90 Å². The number of halogens is 4. The summed E-state index contributed by atoms with van der Waals surface area (Å²) < 4.78 is 40.4. The molecule has 2 aromatic rings. The monoisotopic (exact) mass is 469 g/mol. The molecule has 0 unspecified atom stereocenters. The zero-order valence-electron chi connectivity index (χ0n) is 17.5. The number of piperidine rings is 1. The summed E-state index contributed by atoms with van der Waals surface area (Å²) >= 11 is 5.78. The fraction of sp³-hybridized carbons (Fsp3) is 0.429. The van der Waals surface area contributed by atoms with Crippen molar-refractivity contribution < 1.29 is 22.8 Å². The number of nitrogens with zero attached hydrogens (tertiary/aromatic N) is 4. The highest BCUT2D eigenvalue weighted by Crippen LogP contribution is 2.24. The molecule has 1 aliphatic heterocycles. The van der Waals surface area contributed by atoms with E-state index in [1.807, 2.05) is 11.8 Å². The third-order valence-corrected chi connectivity index (χ3v) is 5.36. The molecule has 2 amide bonds. The van der Waals surface area contributed by atoms with Crippen LogP contribution in [0.3, 0.4) is 0 Å². The molecule has 0 radical (unpaired) electrons. The molecule has 1 aromatic carbocycles. The first-order valence-electron chi connectivity index (χ1n) is 10.3. The average Bonchev–Trinajstić information content (AvgIpc) is 2.79. The van der Waals surface area contributed by atoms with Gasteiger partial charge in [-0.25, -0.2) is 13.2 Å². The van der Waals surface area contributed by atoms with Gasteiger partial charge in [0.2, 0.25) is 11.8 Å². The highest BCUT2D eigenvalue weighted by molar-refractivity contribution is 6.29. The van der Waals surface area contributed by atoms with Crippen LogP contribution < -0.4 is 10.2 Å². The summed E-state index contributed by atoms with van der Waals surface area (Å²) in [7, 11) is 0. The summed E-state index contributed by atoms with van der Waals surface area (Å²) in [5.74, 6) is -5.17. The molecule has 1 fully saturated rings. The summed E-state index contributed by atoms with van der Waals surface area (Å²) in [6, 6.07) is 5.01. The lowest BCUT2D eigenvalue weighted by Gasteiger charge is -2.35.